The van der Waals surface area contributed by atoms with Gasteiger partial charge in [0.1, 0.15) is 4.99 Å². The van der Waals surface area contributed by atoms with E-state index < -0.39 is 0 Å². The molecule has 3 N–H and O–H groups in total. The second-order valence-electron chi connectivity index (χ2n) is 4.95. The van der Waals surface area contributed by atoms with Crippen LogP contribution in [0.15, 0.2) is 23.1 Å². The zero-order valence-corrected chi connectivity index (χ0v) is 13.7. The van der Waals surface area contributed by atoms with Crippen LogP contribution in [0.4, 0.5) is 5.69 Å². The van der Waals surface area contributed by atoms with Gasteiger partial charge in [-0.05, 0) is 43.8 Å². The number of rotatable bonds is 7. The summed E-state index contributed by atoms with van der Waals surface area (Å²) >= 11 is 7.01. The Labute approximate surface area is 131 Å². The van der Waals surface area contributed by atoms with Crippen molar-refractivity contribution in [3.05, 3.63) is 23.8 Å². The van der Waals surface area contributed by atoms with Gasteiger partial charge in [-0.1, -0.05) is 25.2 Å². The molecule has 0 aromatic heterocycles. The number of likely N-dealkylation sites (tertiary alicyclic amines) is 1. The predicted molar refractivity (Wildman–Crippen MR) is 92.9 cm³/mol. The van der Waals surface area contributed by atoms with Gasteiger partial charge in [-0.15, -0.1) is 11.8 Å². The lowest BCUT2D eigenvalue weighted by molar-refractivity contribution is 0.352. The van der Waals surface area contributed by atoms with Gasteiger partial charge >= 0.3 is 0 Å². The maximum absolute atomic E-state index is 5.91. The van der Waals surface area contributed by atoms with Crippen LogP contribution in [0.2, 0.25) is 0 Å². The molecule has 1 saturated heterocycles. The number of nitrogens with two attached hydrogens (primary N) is 1. The van der Waals surface area contributed by atoms with E-state index in [4.69, 9.17) is 18.0 Å². The lowest BCUT2D eigenvalue weighted by atomic mass is 10.1. The summed E-state index contributed by atoms with van der Waals surface area (Å²) in [5, 5.41) is 3.50. The van der Waals surface area contributed by atoms with Crippen molar-refractivity contribution < 1.29 is 0 Å². The summed E-state index contributed by atoms with van der Waals surface area (Å²) in [4.78, 5) is 4.15. The molecule has 0 radical (unpaired) electrons. The molecule has 0 aliphatic carbocycles. The second-order valence-corrected chi connectivity index (χ2v) is 6.70. The lowest BCUT2D eigenvalue weighted by Gasteiger charge is -2.18. The quantitative estimate of drug-likeness (QED) is 0.599. The average molecular weight is 310 g/mol. The molecule has 0 unspecified atom stereocenters. The fourth-order valence-electron chi connectivity index (χ4n) is 2.56. The third-order valence-corrected chi connectivity index (χ3v) is 4.66. The van der Waals surface area contributed by atoms with Gasteiger partial charge in [0.15, 0.2) is 0 Å². The van der Waals surface area contributed by atoms with Crippen molar-refractivity contribution in [3.63, 3.8) is 0 Å². The molecule has 1 heterocycles. The van der Waals surface area contributed by atoms with E-state index in [1.54, 1.807) is 11.8 Å². The van der Waals surface area contributed by atoms with E-state index in [0.29, 0.717) is 4.99 Å². The van der Waals surface area contributed by atoms with Crippen molar-refractivity contribution in [1.82, 2.24) is 4.90 Å². The Morgan fingerprint density at radius 3 is 2.80 bits per heavy atom. The minimum atomic E-state index is 0.477. The molecule has 1 fully saturated rings. The van der Waals surface area contributed by atoms with Crippen molar-refractivity contribution >= 4 is 34.7 Å². The third-order valence-electron chi connectivity index (χ3n) is 3.51. The van der Waals surface area contributed by atoms with Crippen molar-refractivity contribution in [2.75, 3.05) is 37.2 Å². The average Bonchev–Trinajstić information content (AvgIpc) is 2.92. The monoisotopic (exact) mass is 309 g/mol. The minimum Gasteiger partial charge on any atom is -0.389 e. The molecule has 110 valence electrons. The Morgan fingerprint density at radius 1 is 1.40 bits per heavy atom. The molecule has 0 saturated carbocycles. The molecule has 1 aliphatic heterocycles. The van der Waals surface area contributed by atoms with Crippen LogP contribution in [-0.4, -0.2) is 41.8 Å². The first-order valence-electron chi connectivity index (χ1n) is 7.24. The molecular formula is C15H23N3S2. The lowest BCUT2D eigenvalue weighted by Crippen LogP contribution is -2.26. The van der Waals surface area contributed by atoms with Crippen LogP contribution in [0, 0.1) is 0 Å². The van der Waals surface area contributed by atoms with Gasteiger partial charge in [-0.2, -0.15) is 0 Å². The zero-order chi connectivity index (χ0) is 14.4. The van der Waals surface area contributed by atoms with Crippen molar-refractivity contribution in [2.24, 2.45) is 5.73 Å². The van der Waals surface area contributed by atoms with Gasteiger partial charge in [0.25, 0.3) is 0 Å². The first-order chi connectivity index (χ1) is 9.72. The van der Waals surface area contributed by atoms with Gasteiger partial charge < -0.3 is 16.0 Å². The SMILES string of the molecule is CCSc1cccc(NCCN2CCCC2)c1C(N)=S. The highest BCUT2D eigenvalue weighted by atomic mass is 32.2. The standard InChI is InChI=1S/C15H23N3S2/c1-2-20-13-7-5-6-12(14(13)15(16)19)17-8-11-18-9-3-4-10-18/h5-7,17H,2-4,8-11H2,1H3,(H2,16,19). The predicted octanol–water partition coefficient (Wildman–Crippen LogP) is 2.94. The number of thioether (sulfide) groups is 1. The van der Waals surface area contributed by atoms with E-state index in [9.17, 15) is 0 Å². The zero-order valence-electron chi connectivity index (χ0n) is 12.0. The fourth-order valence-corrected chi connectivity index (χ4v) is 3.70. The number of hydrogen-bond donors (Lipinski definition) is 2. The highest BCUT2D eigenvalue weighted by molar-refractivity contribution is 7.99. The van der Waals surface area contributed by atoms with Gasteiger partial charge in [0, 0.05) is 29.2 Å². The third kappa shape index (κ3) is 4.11. The molecule has 0 amide bonds. The van der Waals surface area contributed by atoms with Gasteiger partial charge in [-0.25, -0.2) is 0 Å². The van der Waals surface area contributed by atoms with E-state index >= 15 is 0 Å². The number of benzene rings is 1. The number of anilines is 1. The molecule has 1 aromatic rings. The first kappa shape index (κ1) is 15.6. The number of nitrogens with one attached hydrogen (secondary N) is 1. The molecular weight excluding hydrogens is 286 g/mol. The normalized spacial score (nSPS) is 15.4. The van der Waals surface area contributed by atoms with Gasteiger partial charge in [0.05, 0.1) is 0 Å². The molecule has 0 bridgehead atoms. The summed E-state index contributed by atoms with van der Waals surface area (Å²) in [6.45, 7) is 6.63. The number of hydrogen-bond acceptors (Lipinski definition) is 4. The summed E-state index contributed by atoms with van der Waals surface area (Å²) in [5.74, 6) is 1.02. The molecule has 3 nitrogen and oxygen atoms in total. The molecule has 5 heteroatoms. The van der Waals surface area contributed by atoms with Crippen LogP contribution >= 0.6 is 24.0 Å². The maximum atomic E-state index is 5.91. The van der Waals surface area contributed by atoms with Gasteiger partial charge in [-0.3, -0.25) is 0 Å². The Hall–Kier alpha value is -0.780. The van der Waals surface area contributed by atoms with E-state index in [1.807, 2.05) is 0 Å². The Balaban J connectivity index is 2.01. The molecule has 0 atom stereocenters. The van der Waals surface area contributed by atoms with Crippen molar-refractivity contribution in [3.8, 4) is 0 Å². The summed E-state index contributed by atoms with van der Waals surface area (Å²) < 4.78 is 0. The highest BCUT2D eigenvalue weighted by Crippen LogP contribution is 2.28. The Kier molecular flexibility index (Phi) is 6.13. The van der Waals surface area contributed by atoms with Crippen LogP contribution in [0.1, 0.15) is 25.3 Å². The van der Waals surface area contributed by atoms with Crippen LogP contribution in [0.3, 0.4) is 0 Å². The minimum absolute atomic E-state index is 0.477. The smallest absolute Gasteiger partial charge is 0.107 e. The highest BCUT2D eigenvalue weighted by Gasteiger charge is 2.13. The summed E-state index contributed by atoms with van der Waals surface area (Å²) in [5.41, 5.74) is 7.97. The maximum Gasteiger partial charge on any atom is 0.107 e. The number of thiocarbonyl (C=S) groups is 1. The molecule has 20 heavy (non-hydrogen) atoms. The number of nitrogens with zero attached hydrogens (tertiary/aromatic N) is 1. The summed E-state index contributed by atoms with van der Waals surface area (Å²) in [6, 6.07) is 6.23. The summed E-state index contributed by atoms with van der Waals surface area (Å²) in [7, 11) is 0. The van der Waals surface area contributed by atoms with E-state index in [0.717, 1.165) is 30.1 Å². The van der Waals surface area contributed by atoms with Crippen LogP contribution in [-0.2, 0) is 0 Å². The van der Waals surface area contributed by atoms with Crippen molar-refractivity contribution in [1.29, 1.82) is 0 Å². The van der Waals surface area contributed by atoms with Gasteiger partial charge in [0.2, 0.25) is 0 Å². The summed E-state index contributed by atoms with van der Waals surface area (Å²) in [6.07, 6.45) is 2.67. The molecule has 0 spiro atoms. The van der Waals surface area contributed by atoms with E-state index in [-0.39, 0.29) is 0 Å². The molecule has 1 aromatic carbocycles. The molecule has 1 aliphatic rings. The van der Waals surface area contributed by atoms with E-state index in [2.05, 4.69) is 35.3 Å². The fraction of sp³-hybridized carbons (Fsp3) is 0.533. The van der Waals surface area contributed by atoms with Crippen LogP contribution in [0.5, 0.6) is 0 Å². The Bertz CT molecular complexity index is 456. The van der Waals surface area contributed by atoms with Crippen LogP contribution in [0.25, 0.3) is 0 Å². The topological polar surface area (TPSA) is 41.3 Å². The molecule has 2 rings (SSSR count). The first-order valence-corrected chi connectivity index (χ1v) is 8.63. The second kappa shape index (κ2) is 7.86. The Morgan fingerprint density at radius 2 is 2.15 bits per heavy atom. The van der Waals surface area contributed by atoms with Crippen molar-refractivity contribution in [2.45, 2.75) is 24.7 Å². The largest absolute Gasteiger partial charge is 0.389 e. The van der Waals surface area contributed by atoms with Crippen LogP contribution < -0.4 is 11.1 Å². The van der Waals surface area contributed by atoms with E-state index in [1.165, 1.54) is 30.8 Å².